The van der Waals surface area contributed by atoms with Crippen LogP contribution in [0.4, 0.5) is 0 Å². The van der Waals surface area contributed by atoms with Crippen molar-refractivity contribution in [3.63, 3.8) is 0 Å². The van der Waals surface area contributed by atoms with Crippen LogP contribution < -0.4 is 14.3 Å². The molecule has 0 aliphatic rings. The number of hydrogen-bond acceptors (Lipinski definition) is 5. The molecule has 2 aromatic rings. The average Bonchev–Trinajstić information content (AvgIpc) is 2.71. The van der Waals surface area contributed by atoms with Gasteiger partial charge in [0, 0.05) is 10.8 Å². The first-order chi connectivity index (χ1) is 7.65. The standard InChI is InChI=1S/C10H11BO4S/c1-14-7-3-6-4-9(11(12)13)16-10(6)8(5-7)15-2/h3-5,12-13H,1-2H3. The molecule has 16 heavy (non-hydrogen) atoms. The highest BCUT2D eigenvalue weighted by Crippen LogP contribution is 2.34. The Bertz CT molecular complexity index is 509. The van der Waals surface area contributed by atoms with Crippen LogP contribution in [0.1, 0.15) is 0 Å². The van der Waals surface area contributed by atoms with Crippen molar-refractivity contribution in [1.82, 2.24) is 0 Å². The Labute approximate surface area is 97.2 Å². The second kappa shape index (κ2) is 4.33. The van der Waals surface area contributed by atoms with Gasteiger partial charge in [-0.25, -0.2) is 0 Å². The van der Waals surface area contributed by atoms with Gasteiger partial charge in [-0.2, -0.15) is 0 Å². The van der Waals surface area contributed by atoms with Crippen molar-refractivity contribution in [2.24, 2.45) is 0 Å². The SMILES string of the molecule is COc1cc(OC)c2sc(B(O)O)cc2c1. The van der Waals surface area contributed by atoms with Crippen molar-refractivity contribution in [3.8, 4) is 11.5 Å². The first kappa shape index (κ1) is 11.3. The molecule has 0 spiro atoms. The maximum Gasteiger partial charge on any atom is 0.499 e. The Kier molecular flexibility index (Phi) is 3.04. The first-order valence-corrected chi connectivity index (χ1v) is 5.49. The number of thiophene rings is 1. The molecule has 0 saturated heterocycles. The molecule has 0 unspecified atom stereocenters. The van der Waals surface area contributed by atoms with E-state index in [-0.39, 0.29) is 0 Å². The number of ether oxygens (including phenoxy) is 2. The minimum atomic E-state index is -1.45. The Hall–Kier alpha value is -1.24. The maximum absolute atomic E-state index is 9.11. The van der Waals surface area contributed by atoms with Crippen molar-refractivity contribution in [3.05, 3.63) is 18.2 Å². The number of rotatable bonds is 3. The Morgan fingerprint density at radius 2 is 1.88 bits per heavy atom. The molecule has 0 aliphatic carbocycles. The van der Waals surface area contributed by atoms with E-state index in [1.54, 1.807) is 26.4 Å². The van der Waals surface area contributed by atoms with E-state index in [2.05, 4.69) is 0 Å². The van der Waals surface area contributed by atoms with Gasteiger partial charge < -0.3 is 19.5 Å². The lowest BCUT2D eigenvalue weighted by atomic mass is 9.89. The molecule has 4 nitrogen and oxygen atoms in total. The molecular formula is C10H11BO4S. The van der Waals surface area contributed by atoms with Gasteiger partial charge in [-0.05, 0) is 17.5 Å². The summed E-state index contributed by atoms with van der Waals surface area (Å²) in [7, 11) is 1.70. The monoisotopic (exact) mass is 238 g/mol. The molecule has 6 heteroatoms. The molecule has 0 bridgehead atoms. The lowest BCUT2D eigenvalue weighted by Gasteiger charge is -2.04. The lowest BCUT2D eigenvalue weighted by Crippen LogP contribution is -2.26. The Balaban J connectivity index is 2.65. The predicted octanol–water partition coefficient (Wildman–Crippen LogP) is 0.598. The van der Waals surface area contributed by atoms with Crippen LogP contribution in [0.2, 0.25) is 0 Å². The zero-order chi connectivity index (χ0) is 11.7. The van der Waals surface area contributed by atoms with Gasteiger partial charge in [0.2, 0.25) is 0 Å². The molecule has 1 aromatic heterocycles. The zero-order valence-electron chi connectivity index (χ0n) is 8.93. The van der Waals surface area contributed by atoms with E-state index in [0.717, 1.165) is 10.1 Å². The molecule has 2 N–H and O–H groups in total. The van der Waals surface area contributed by atoms with Crippen molar-refractivity contribution in [2.45, 2.75) is 0 Å². The van der Waals surface area contributed by atoms with Gasteiger partial charge in [-0.15, -0.1) is 11.3 Å². The van der Waals surface area contributed by atoms with Gasteiger partial charge in [0.05, 0.1) is 18.9 Å². The minimum absolute atomic E-state index is 0.488. The van der Waals surface area contributed by atoms with Gasteiger partial charge >= 0.3 is 7.12 Å². The summed E-state index contributed by atoms with van der Waals surface area (Å²) in [5.41, 5.74) is 0. The number of benzene rings is 1. The molecular weight excluding hydrogens is 227 g/mol. The molecule has 0 saturated carbocycles. The first-order valence-electron chi connectivity index (χ1n) is 4.67. The van der Waals surface area contributed by atoms with Crippen LogP contribution in [0.25, 0.3) is 10.1 Å². The van der Waals surface area contributed by atoms with Crippen LogP contribution >= 0.6 is 11.3 Å². The average molecular weight is 238 g/mol. The fourth-order valence-electron chi connectivity index (χ4n) is 1.51. The highest BCUT2D eigenvalue weighted by molar-refractivity contribution is 7.28. The summed E-state index contributed by atoms with van der Waals surface area (Å²) in [5, 5.41) is 19.1. The van der Waals surface area contributed by atoms with E-state index in [9.17, 15) is 0 Å². The molecule has 0 atom stereocenters. The molecule has 2 rings (SSSR count). The highest BCUT2D eigenvalue weighted by atomic mass is 32.1. The predicted molar refractivity (Wildman–Crippen MR) is 64.8 cm³/mol. The Morgan fingerprint density at radius 1 is 1.12 bits per heavy atom. The maximum atomic E-state index is 9.11. The smallest absolute Gasteiger partial charge is 0.497 e. The molecule has 0 radical (unpaired) electrons. The number of hydrogen-bond donors (Lipinski definition) is 2. The van der Waals surface area contributed by atoms with E-state index in [4.69, 9.17) is 19.5 Å². The topological polar surface area (TPSA) is 58.9 Å². The normalized spacial score (nSPS) is 10.5. The van der Waals surface area contributed by atoms with Gasteiger partial charge in [0.25, 0.3) is 0 Å². The lowest BCUT2D eigenvalue weighted by molar-refractivity contribution is 0.398. The Morgan fingerprint density at radius 3 is 2.44 bits per heavy atom. The van der Waals surface area contributed by atoms with Crippen molar-refractivity contribution in [1.29, 1.82) is 0 Å². The summed E-state index contributed by atoms with van der Waals surface area (Å²) in [6.07, 6.45) is 0. The van der Waals surface area contributed by atoms with Crippen LogP contribution in [-0.4, -0.2) is 31.4 Å². The second-order valence-electron chi connectivity index (χ2n) is 3.27. The van der Waals surface area contributed by atoms with Crippen LogP contribution in [0.15, 0.2) is 18.2 Å². The summed E-state index contributed by atoms with van der Waals surface area (Å²) in [4.78, 5) is 0. The van der Waals surface area contributed by atoms with E-state index in [1.165, 1.54) is 11.3 Å². The van der Waals surface area contributed by atoms with Gasteiger partial charge in [0.15, 0.2) is 0 Å². The summed E-state index contributed by atoms with van der Waals surface area (Å²) >= 11 is 1.30. The second-order valence-corrected chi connectivity index (χ2v) is 4.35. The van der Waals surface area contributed by atoms with E-state index >= 15 is 0 Å². The van der Waals surface area contributed by atoms with Gasteiger partial charge in [0.1, 0.15) is 11.5 Å². The summed E-state index contributed by atoms with van der Waals surface area (Å²) in [6.45, 7) is 0. The van der Waals surface area contributed by atoms with Crippen molar-refractivity contribution in [2.75, 3.05) is 14.2 Å². The summed E-state index contributed by atoms with van der Waals surface area (Å²) < 4.78 is 11.7. The molecule has 0 fully saturated rings. The van der Waals surface area contributed by atoms with E-state index in [0.29, 0.717) is 16.3 Å². The molecule has 1 heterocycles. The zero-order valence-corrected chi connectivity index (χ0v) is 9.75. The highest BCUT2D eigenvalue weighted by Gasteiger charge is 2.17. The number of fused-ring (bicyclic) bond motifs is 1. The van der Waals surface area contributed by atoms with E-state index < -0.39 is 7.12 Å². The van der Waals surface area contributed by atoms with Crippen LogP contribution in [-0.2, 0) is 0 Å². The third-order valence-electron chi connectivity index (χ3n) is 2.28. The van der Waals surface area contributed by atoms with Crippen molar-refractivity contribution < 1.29 is 19.5 Å². The third-order valence-corrected chi connectivity index (χ3v) is 3.49. The molecule has 1 aromatic carbocycles. The fraction of sp³-hybridized carbons (Fsp3) is 0.200. The minimum Gasteiger partial charge on any atom is -0.497 e. The number of methoxy groups -OCH3 is 2. The summed E-state index contributed by atoms with van der Waals surface area (Å²) in [5.74, 6) is 1.35. The molecule has 0 amide bonds. The van der Waals surface area contributed by atoms with Gasteiger partial charge in [-0.1, -0.05) is 0 Å². The van der Waals surface area contributed by atoms with Crippen LogP contribution in [0.3, 0.4) is 0 Å². The third kappa shape index (κ3) is 1.87. The quantitative estimate of drug-likeness (QED) is 0.768. The largest absolute Gasteiger partial charge is 0.499 e. The van der Waals surface area contributed by atoms with Crippen LogP contribution in [0, 0.1) is 0 Å². The van der Waals surface area contributed by atoms with Gasteiger partial charge in [-0.3, -0.25) is 0 Å². The fourth-order valence-corrected chi connectivity index (χ4v) is 2.52. The summed E-state index contributed by atoms with van der Waals surface area (Å²) in [6, 6.07) is 5.32. The molecule has 0 aliphatic heterocycles. The van der Waals surface area contributed by atoms with Crippen molar-refractivity contribution >= 4 is 33.3 Å². The molecule has 84 valence electrons. The van der Waals surface area contributed by atoms with E-state index in [1.807, 2.05) is 6.07 Å². The van der Waals surface area contributed by atoms with Crippen LogP contribution in [0.5, 0.6) is 11.5 Å².